The topological polar surface area (TPSA) is 24.4 Å². The van der Waals surface area contributed by atoms with E-state index in [1.807, 2.05) is 0 Å². The second-order valence-electron chi connectivity index (χ2n) is 3.17. The Balaban J connectivity index is 2.08. The van der Waals surface area contributed by atoms with Gasteiger partial charge in [0.15, 0.2) is 0 Å². The van der Waals surface area contributed by atoms with Crippen molar-refractivity contribution in [1.29, 1.82) is 0 Å². The molecule has 2 nitrogen and oxygen atoms in total. The number of piperidine rings is 1. The summed E-state index contributed by atoms with van der Waals surface area (Å²) in [4.78, 5) is 4.53. The van der Waals surface area contributed by atoms with Crippen LogP contribution < -0.4 is 5.32 Å². The number of fused-ring (bicyclic) bond motifs is 1. The molecule has 1 fully saturated rings. The SMILES string of the molecule is C1CN=C2CCNCC2C1. The van der Waals surface area contributed by atoms with E-state index >= 15 is 0 Å². The molecule has 0 spiro atoms. The summed E-state index contributed by atoms with van der Waals surface area (Å²) < 4.78 is 0. The van der Waals surface area contributed by atoms with Crippen molar-refractivity contribution in [2.24, 2.45) is 10.9 Å². The largest absolute Gasteiger partial charge is 0.316 e. The second-order valence-corrected chi connectivity index (χ2v) is 3.17. The molecular weight excluding hydrogens is 124 g/mol. The standard InChI is InChI=1S/C8H14N2/c1-2-7-6-9-5-3-8(7)10-4-1/h7,9H,1-6H2. The molecule has 1 atom stereocenters. The van der Waals surface area contributed by atoms with E-state index in [0.717, 1.165) is 19.0 Å². The van der Waals surface area contributed by atoms with Crippen LogP contribution in [0, 0.1) is 5.92 Å². The van der Waals surface area contributed by atoms with Crippen LogP contribution in [0.3, 0.4) is 0 Å². The summed E-state index contributed by atoms with van der Waals surface area (Å²) in [5, 5.41) is 3.40. The van der Waals surface area contributed by atoms with Gasteiger partial charge in [0.05, 0.1) is 0 Å². The van der Waals surface area contributed by atoms with Crippen molar-refractivity contribution in [1.82, 2.24) is 5.32 Å². The fourth-order valence-corrected chi connectivity index (χ4v) is 1.85. The van der Waals surface area contributed by atoms with Crippen molar-refractivity contribution < 1.29 is 0 Å². The number of nitrogens with zero attached hydrogens (tertiary/aromatic N) is 1. The predicted molar refractivity (Wildman–Crippen MR) is 42.5 cm³/mol. The zero-order valence-corrected chi connectivity index (χ0v) is 6.27. The normalized spacial score (nSPS) is 32.8. The number of aliphatic imine (C=N–C) groups is 1. The molecular formula is C8H14N2. The minimum atomic E-state index is 0.794. The van der Waals surface area contributed by atoms with Crippen LogP contribution in [0.1, 0.15) is 19.3 Å². The van der Waals surface area contributed by atoms with Crippen LogP contribution in [-0.4, -0.2) is 25.3 Å². The molecule has 0 radical (unpaired) electrons. The zero-order chi connectivity index (χ0) is 6.81. The maximum atomic E-state index is 4.53. The molecule has 2 aliphatic heterocycles. The molecule has 10 heavy (non-hydrogen) atoms. The van der Waals surface area contributed by atoms with E-state index in [2.05, 4.69) is 10.3 Å². The van der Waals surface area contributed by atoms with E-state index in [0.29, 0.717) is 0 Å². The lowest BCUT2D eigenvalue weighted by Gasteiger charge is -2.27. The van der Waals surface area contributed by atoms with Gasteiger partial charge in [-0.15, -0.1) is 0 Å². The van der Waals surface area contributed by atoms with Crippen LogP contribution in [0.2, 0.25) is 0 Å². The lowest BCUT2D eigenvalue weighted by atomic mass is 9.90. The van der Waals surface area contributed by atoms with Crippen molar-refractivity contribution >= 4 is 5.71 Å². The lowest BCUT2D eigenvalue weighted by molar-refractivity contribution is 0.481. The fourth-order valence-electron chi connectivity index (χ4n) is 1.85. The minimum absolute atomic E-state index is 0.794. The Kier molecular flexibility index (Phi) is 1.72. The molecule has 1 unspecified atom stereocenters. The Morgan fingerprint density at radius 3 is 3.40 bits per heavy atom. The van der Waals surface area contributed by atoms with Crippen LogP contribution in [0.4, 0.5) is 0 Å². The summed E-state index contributed by atoms with van der Waals surface area (Å²) in [6.45, 7) is 3.42. The monoisotopic (exact) mass is 138 g/mol. The van der Waals surface area contributed by atoms with Gasteiger partial charge in [-0.1, -0.05) is 0 Å². The van der Waals surface area contributed by atoms with E-state index < -0.39 is 0 Å². The molecule has 1 saturated heterocycles. The molecule has 0 aliphatic carbocycles. The molecule has 2 rings (SSSR count). The Hall–Kier alpha value is -0.370. The van der Waals surface area contributed by atoms with Crippen molar-refractivity contribution in [2.75, 3.05) is 19.6 Å². The third kappa shape index (κ3) is 1.08. The second kappa shape index (κ2) is 2.70. The highest BCUT2D eigenvalue weighted by atomic mass is 14.9. The first-order valence-electron chi connectivity index (χ1n) is 4.21. The predicted octanol–water partition coefficient (Wildman–Crippen LogP) is 0.831. The van der Waals surface area contributed by atoms with Gasteiger partial charge in [0.1, 0.15) is 0 Å². The summed E-state index contributed by atoms with van der Waals surface area (Å²) >= 11 is 0. The molecule has 0 bridgehead atoms. The van der Waals surface area contributed by atoms with Crippen molar-refractivity contribution in [3.05, 3.63) is 0 Å². The molecule has 0 aromatic heterocycles. The van der Waals surface area contributed by atoms with Crippen LogP contribution in [-0.2, 0) is 0 Å². The lowest BCUT2D eigenvalue weighted by Crippen LogP contribution is -2.38. The van der Waals surface area contributed by atoms with Gasteiger partial charge in [-0.2, -0.15) is 0 Å². The van der Waals surface area contributed by atoms with Crippen molar-refractivity contribution in [2.45, 2.75) is 19.3 Å². The fraction of sp³-hybridized carbons (Fsp3) is 0.875. The molecule has 2 heteroatoms. The number of rotatable bonds is 0. The summed E-state index contributed by atoms with van der Waals surface area (Å²) in [5.74, 6) is 0.794. The van der Waals surface area contributed by atoms with E-state index in [1.54, 1.807) is 0 Å². The van der Waals surface area contributed by atoms with Gasteiger partial charge in [-0.3, -0.25) is 4.99 Å². The first-order chi connectivity index (χ1) is 4.97. The highest BCUT2D eigenvalue weighted by Gasteiger charge is 2.21. The molecule has 0 saturated carbocycles. The van der Waals surface area contributed by atoms with Gasteiger partial charge in [0.25, 0.3) is 0 Å². The average Bonchev–Trinajstić information content (AvgIpc) is 2.05. The number of hydrogen-bond donors (Lipinski definition) is 1. The van der Waals surface area contributed by atoms with Gasteiger partial charge in [-0.05, 0) is 19.3 Å². The van der Waals surface area contributed by atoms with Gasteiger partial charge < -0.3 is 5.32 Å². The Morgan fingerprint density at radius 1 is 1.50 bits per heavy atom. The Bertz CT molecular complexity index is 151. The third-order valence-electron chi connectivity index (χ3n) is 2.45. The molecule has 2 aliphatic rings. The molecule has 0 amide bonds. The van der Waals surface area contributed by atoms with E-state index in [4.69, 9.17) is 0 Å². The zero-order valence-electron chi connectivity index (χ0n) is 6.27. The van der Waals surface area contributed by atoms with Gasteiger partial charge >= 0.3 is 0 Å². The quantitative estimate of drug-likeness (QED) is 0.527. The molecule has 2 heterocycles. The third-order valence-corrected chi connectivity index (χ3v) is 2.45. The van der Waals surface area contributed by atoms with Crippen molar-refractivity contribution in [3.8, 4) is 0 Å². The Morgan fingerprint density at radius 2 is 2.50 bits per heavy atom. The van der Waals surface area contributed by atoms with Crippen LogP contribution in [0.25, 0.3) is 0 Å². The first-order valence-corrected chi connectivity index (χ1v) is 4.21. The van der Waals surface area contributed by atoms with Gasteiger partial charge in [0, 0.05) is 31.3 Å². The highest BCUT2D eigenvalue weighted by Crippen LogP contribution is 2.18. The summed E-state index contributed by atoms with van der Waals surface area (Å²) in [7, 11) is 0. The summed E-state index contributed by atoms with van der Waals surface area (Å²) in [6.07, 6.45) is 3.87. The van der Waals surface area contributed by atoms with Crippen LogP contribution in [0.15, 0.2) is 4.99 Å². The smallest absolute Gasteiger partial charge is 0.0389 e. The summed E-state index contributed by atoms with van der Waals surface area (Å²) in [6, 6.07) is 0. The maximum Gasteiger partial charge on any atom is 0.0389 e. The van der Waals surface area contributed by atoms with Crippen LogP contribution in [0.5, 0.6) is 0 Å². The number of hydrogen-bond acceptors (Lipinski definition) is 2. The van der Waals surface area contributed by atoms with E-state index in [9.17, 15) is 0 Å². The highest BCUT2D eigenvalue weighted by molar-refractivity contribution is 5.88. The molecule has 0 aromatic carbocycles. The first kappa shape index (κ1) is 6.35. The Labute approximate surface area is 61.7 Å². The maximum absolute atomic E-state index is 4.53. The van der Waals surface area contributed by atoms with Gasteiger partial charge in [-0.25, -0.2) is 0 Å². The van der Waals surface area contributed by atoms with E-state index in [1.165, 1.54) is 31.5 Å². The molecule has 1 N–H and O–H groups in total. The summed E-state index contributed by atoms with van der Waals surface area (Å²) in [5.41, 5.74) is 1.49. The van der Waals surface area contributed by atoms with Crippen molar-refractivity contribution in [3.63, 3.8) is 0 Å². The van der Waals surface area contributed by atoms with Crippen LogP contribution >= 0.6 is 0 Å². The van der Waals surface area contributed by atoms with E-state index in [-0.39, 0.29) is 0 Å². The average molecular weight is 138 g/mol. The molecule has 0 aromatic rings. The molecule has 56 valence electrons. The number of nitrogens with one attached hydrogen (secondary N) is 1. The minimum Gasteiger partial charge on any atom is -0.316 e. The van der Waals surface area contributed by atoms with Gasteiger partial charge in [0.2, 0.25) is 0 Å².